The first-order valence-electron chi connectivity index (χ1n) is 6.84. The highest BCUT2D eigenvalue weighted by molar-refractivity contribution is 7.99. The minimum absolute atomic E-state index is 0.163. The summed E-state index contributed by atoms with van der Waals surface area (Å²) in [6.45, 7) is 3.68. The van der Waals surface area contributed by atoms with E-state index < -0.39 is 0 Å². The summed E-state index contributed by atoms with van der Waals surface area (Å²) < 4.78 is 12.3. The summed E-state index contributed by atoms with van der Waals surface area (Å²) in [5.74, 6) is 1.72. The van der Waals surface area contributed by atoms with Crippen molar-refractivity contribution in [2.45, 2.75) is 19.1 Å². The molecule has 3 aromatic rings. The van der Waals surface area contributed by atoms with Crippen molar-refractivity contribution in [2.75, 3.05) is 11.1 Å². The van der Waals surface area contributed by atoms with E-state index in [1.807, 2.05) is 13.8 Å². The predicted molar refractivity (Wildman–Crippen MR) is 84.0 cm³/mol. The van der Waals surface area contributed by atoms with Gasteiger partial charge in [0.25, 0.3) is 11.1 Å². The number of anilines is 1. The number of rotatable bonds is 5. The van der Waals surface area contributed by atoms with Crippen LogP contribution in [0, 0.1) is 13.8 Å². The average molecular weight is 333 g/mol. The van der Waals surface area contributed by atoms with Crippen LogP contribution in [0.5, 0.6) is 0 Å². The van der Waals surface area contributed by atoms with Gasteiger partial charge in [-0.25, -0.2) is 0 Å². The van der Waals surface area contributed by atoms with Crippen LogP contribution in [0.1, 0.15) is 11.5 Å². The lowest BCUT2D eigenvalue weighted by molar-refractivity contribution is -0.113. The van der Waals surface area contributed by atoms with E-state index in [4.69, 9.17) is 8.83 Å². The molecule has 3 heterocycles. The van der Waals surface area contributed by atoms with Crippen LogP contribution in [0.25, 0.3) is 11.5 Å². The summed E-state index contributed by atoms with van der Waals surface area (Å²) in [5.41, 5.74) is 1.59. The average Bonchev–Trinajstić information content (AvgIpc) is 3.18. The number of aromatic nitrogens is 4. The van der Waals surface area contributed by atoms with Crippen LogP contribution < -0.4 is 5.32 Å². The molecular formula is C14H15N5O3S. The minimum atomic E-state index is -0.169. The number of amides is 1. The summed E-state index contributed by atoms with van der Waals surface area (Å²) in [4.78, 5) is 12.0. The maximum atomic E-state index is 12.0. The Kier molecular flexibility index (Phi) is 4.20. The molecule has 0 atom stereocenters. The number of hydrogen-bond acceptors (Lipinski definition) is 7. The van der Waals surface area contributed by atoms with Crippen molar-refractivity contribution < 1.29 is 13.6 Å². The maximum Gasteiger partial charge on any atom is 0.277 e. The molecule has 1 amide bonds. The van der Waals surface area contributed by atoms with E-state index >= 15 is 0 Å². The van der Waals surface area contributed by atoms with E-state index in [9.17, 15) is 4.79 Å². The first-order valence-corrected chi connectivity index (χ1v) is 7.83. The monoisotopic (exact) mass is 333 g/mol. The molecule has 0 saturated carbocycles. The fourth-order valence-corrected chi connectivity index (χ4v) is 2.58. The van der Waals surface area contributed by atoms with Gasteiger partial charge in [0.05, 0.1) is 23.3 Å². The fourth-order valence-electron chi connectivity index (χ4n) is 2.02. The van der Waals surface area contributed by atoms with Gasteiger partial charge in [0.1, 0.15) is 11.6 Å². The number of thioether (sulfide) groups is 1. The number of carbonyl (C=O) groups excluding carboxylic acids is 1. The highest BCUT2D eigenvalue weighted by Gasteiger charge is 2.15. The van der Waals surface area contributed by atoms with Crippen molar-refractivity contribution >= 4 is 23.5 Å². The van der Waals surface area contributed by atoms with Gasteiger partial charge in [0, 0.05) is 13.1 Å². The molecule has 3 rings (SSSR count). The van der Waals surface area contributed by atoms with Gasteiger partial charge in [-0.15, -0.1) is 10.2 Å². The molecule has 0 aliphatic heterocycles. The Labute approximate surface area is 136 Å². The van der Waals surface area contributed by atoms with Crippen LogP contribution in [-0.4, -0.2) is 31.6 Å². The molecule has 0 saturated heterocycles. The van der Waals surface area contributed by atoms with Crippen molar-refractivity contribution in [3.05, 3.63) is 29.9 Å². The predicted octanol–water partition coefficient (Wildman–Crippen LogP) is 2.41. The summed E-state index contributed by atoms with van der Waals surface area (Å²) in [7, 11) is 1.77. The fraction of sp³-hybridized carbons (Fsp3) is 0.286. The summed E-state index contributed by atoms with van der Waals surface area (Å²) in [6, 6.07) is 3.56. The summed E-state index contributed by atoms with van der Waals surface area (Å²) in [6.07, 6.45) is 1.56. The van der Waals surface area contributed by atoms with Crippen molar-refractivity contribution in [1.29, 1.82) is 0 Å². The molecule has 0 radical (unpaired) electrons. The Balaban J connectivity index is 1.58. The van der Waals surface area contributed by atoms with Crippen LogP contribution in [-0.2, 0) is 11.8 Å². The van der Waals surface area contributed by atoms with E-state index in [0.29, 0.717) is 22.7 Å². The Morgan fingerprint density at radius 3 is 2.87 bits per heavy atom. The van der Waals surface area contributed by atoms with E-state index in [-0.39, 0.29) is 11.7 Å². The van der Waals surface area contributed by atoms with Gasteiger partial charge < -0.3 is 14.2 Å². The molecule has 1 N–H and O–H groups in total. The quantitative estimate of drug-likeness (QED) is 0.716. The Morgan fingerprint density at radius 1 is 1.39 bits per heavy atom. The van der Waals surface area contributed by atoms with E-state index in [0.717, 1.165) is 11.3 Å². The van der Waals surface area contributed by atoms with Crippen molar-refractivity contribution in [3.8, 4) is 11.5 Å². The van der Waals surface area contributed by atoms with Gasteiger partial charge in [-0.05, 0) is 19.9 Å². The standard InChI is InChI=1S/C14H15N5O3S/c1-8-6-11(19(3)18-8)15-12(20)7-23-14-17-16-13(22-14)10-4-5-21-9(10)2/h4-6H,7H2,1-3H3,(H,15,20). The molecule has 23 heavy (non-hydrogen) atoms. The van der Waals surface area contributed by atoms with Gasteiger partial charge in [-0.3, -0.25) is 9.48 Å². The Bertz CT molecular complexity index is 835. The van der Waals surface area contributed by atoms with Gasteiger partial charge in [-0.1, -0.05) is 11.8 Å². The molecule has 8 nitrogen and oxygen atoms in total. The molecule has 0 aliphatic carbocycles. The molecule has 120 valence electrons. The normalized spacial score (nSPS) is 10.9. The molecular weight excluding hydrogens is 318 g/mol. The highest BCUT2D eigenvalue weighted by Crippen LogP contribution is 2.26. The number of furan rings is 1. The van der Waals surface area contributed by atoms with Crippen LogP contribution in [0.3, 0.4) is 0 Å². The molecule has 0 bridgehead atoms. The second kappa shape index (κ2) is 6.29. The molecule has 0 spiro atoms. The molecule has 9 heteroatoms. The SMILES string of the molecule is Cc1cc(NC(=O)CSc2nnc(-c3ccoc3C)o2)n(C)n1. The van der Waals surface area contributed by atoms with E-state index in [1.54, 1.807) is 30.1 Å². The number of nitrogens with zero attached hydrogens (tertiary/aromatic N) is 4. The smallest absolute Gasteiger partial charge is 0.277 e. The second-order valence-corrected chi connectivity index (χ2v) is 5.82. The Morgan fingerprint density at radius 2 is 2.22 bits per heavy atom. The number of carbonyl (C=O) groups is 1. The van der Waals surface area contributed by atoms with Crippen LogP contribution in [0.4, 0.5) is 5.82 Å². The third-order valence-electron chi connectivity index (χ3n) is 3.09. The van der Waals surface area contributed by atoms with Gasteiger partial charge in [-0.2, -0.15) is 5.10 Å². The topological polar surface area (TPSA) is 99.0 Å². The number of aryl methyl sites for hydroxylation is 3. The minimum Gasteiger partial charge on any atom is -0.469 e. The van der Waals surface area contributed by atoms with Gasteiger partial charge in [0.15, 0.2) is 0 Å². The molecule has 0 fully saturated rings. The third-order valence-corrected chi connectivity index (χ3v) is 3.91. The lowest BCUT2D eigenvalue weighted by Crippen LogP contribution is -2.16. The zero-order valence-corrected chi connectivity index (χ0v) is 13.7. The maximum absolute atomic E-state index is 12.0. The third kappa shape index (κ3) is 3.45. The zero-order chi connectivity index (χ0) is 16.4. The van der Waals surface area contributed by atoms with Crippen molar-refractivity contribution in [1.82, 2.24) is 20.0 Å². The molecule has 0 aromatic carbocycles. The van der Waals surface area contributed by atoms with Gasteiger partial charge >= 0.3 is 0 Å². The summed E-state index contributed by atoms with van der Waals surface area (Å²) in [5, 5.41) is 15.2. The number of nitrogens with one attached hydrogen (secondary N) is 1. The van der Waals surface area contributed by atoms with E-state index in [1.165, 1.54) is 11.8 Å². The van der Waals surface area contributed by atoms with Gasteiger partial charge in [0.2, 0.25) is 5.91 Å². The highest BCUT2D eigenvalue weighted by atomic mass is 32.2. The van der Waals surface area contributed by atoms with Crippen molar-refractivity contribution in [3.63, 3.8) is 0 Å². The summed E-state index contributed by atoms with van der Waals surface area (Å²) >= 11 is 1.17. The Hall–Kier alpha value is -2.55. The lowest BCUT2D eigenvalue weighted by Gasteiger charge is -2.03. The largest absolute Gasteiger partial charge is 0.469 e. The zero-order valence-electron chi connectivity index (χ0n) is 12.9. The van der Waals surface area contributed by atoms with Crippen LogP contribution >= 0.6 is 11.8 Å². The number of hydrogen-bond donors (Lipinski definition) is 1. The van der Waals surface area contributed by atoms with Crippen molar-refractivity contribution in [2.24, 2.45) is 7.05 Å². The van der Waals surface area contributed by atoms with E-state index in [2.05, 4.69) is 20.6 Å². The molecule has 0 unspecified atom stereocenters. The molecule has 0 aliphatic rings. The second-order valence-electron chi connectivity index (χ2n) is 4.90. The first-order chi connectivity index (χ1) is 11.0. The molecule has 3 aromatic heterocycles. The van der Waals surface area contributed by atoms with Crippen LogP contribution in [0.15, 0.2) is 32.5 Å². The first kappa shape index (κ1) is 15.3. The van der Waals surface area contributed by atoms with Crippen LogP contribution in [0.2, 0.25) is 0 Å². The lowest BCUT2D eigenvalue weighted by atomic mass is 10.3.